The fourth-order valence-corrected chi connectivity index (χ4v) is 2.19. The topological polar surface area (TPSA) is 34.4 Å². The monoisotopic (exact) mass is 223 g/mol. The summed E-state index contributed by atoms with van der Waals surface area (Å²) >= 11 is 0. The van der Waals surface area contributed by atoms with Gasteiger partial charge in [-0.2, -0.15) is 0 Å². The molecule has 3 nitrogen and oxygen atoms in total. The normalized spacial score (nSPS) is 23.2. The highest BCUT2D eigenvalue weighted by molar-refractivity contribution is 5.00. The molecule has 16 heavy (non-hydrogen) atoms. The van der Waals surface area contributed by atoms with Gasteiger partial charge in [0.1, 0.15) is 11.9 Å². The lowest BCUT2D eigenvalue weighted by atomic mass is 9.97. The van der Waals surface area contributed by atoms with E-state index < -0.39 is 0 Å². The molecule has 0 radical (unpaired) electrons. The fourth-order valence-electron chi connectivity index (χ4n) is 2.19. The molecule has 2 heterocycles. The first-order chi connectivity index (χ1) is 7.86. The molecule has 0 saturated carbocycles. The molecular formula is C13H21NO2. The van der Waals surface area contributed by atoms with Gasteiger partial charge in [-0.3, -0.25) is 0 Å². The van der Waals surface area contributed by atoms with E-state index in [4.69, 9.17) is 9.15 Å². The Morgan fingerprint density at radius 2 is 2.56 bits per heavy atom. The van der Waals surface area contributed by atoms with Gasteiger partial charge >= 0.3 is 0 Å². The van der Waals surface area contributed by atoms with Crippen molar-refractivity contribution in [2.45, 2.75) is 32.3 Å². The van der Waals surface area contributed by atoms with Crippen LogP contribution < -0.4 is 5.32 Å². The standard InChI is InChI=1S/C13H21NO2/c1-11(13-5-3-8-16-13)15-9-6-12-4-2-7-14-10-12/h3,5,8,11-12,14H,2,4,6-7,9-10H2,1H3/t11-,12-/m0/s1. The van der Waals surface area contributed by atoms with Gasteiger partial charge in [0.2, 0.25) is 0 Å². The Morgan fingerprint density at radius 1 is 1.62 bits per heavy atom. The lowest BCUT2D eigenvalue weighted by Gasteiger charge is -2.23. The quantitative estimate of drug-likeness (QED) is 0.833. The Hall–Kier alpha value is -0.800. The van der Waals surface area contributed by atoms with Crippen LogP contribution in [0.3, 0.4) is 0 Å². The molecule has 0 unspecified atom stereocenters. The van der Waals surface area contributed by atoms with E-state index in [-0.39, 0.29) is 6.10 Å². The fraction of sp³-hybridized carbons (Fsp3) is 0.692. The molecular weight excluding hydrogens is 202 g/mol. The number of piperidine rings is 1. The Kier molecular flexibility index (Phi) is 4.43. The van der Waals surface area contributed by atoms with Crippen LogP contribution in [-0.4, -0.2) is 19.7 Å². The van der Waals surface area contributed by atoms with E-state index in [9.17, 15) is 0 Å². The Morgan fingerprint density at radius 3 is 3.25 bits per heavy atom. The molecule has 0 spiro atoms. The highest BCUT2D eigenvalue weighted by Gasteiger charge is 2.14. The van der Waals surface area contributed by atoms with Crippen molar-refractivity contribution in [3.8, 4) is 0 Å². The lowest BCUT2D eigenvalue weighted by molar-refractivity contribution is 0.0403. The molecule has 2 rings (SSSR count). The van der Waals surface area contributed by atoms with E-state index in [2.05, 4.69) is 5.32 Å². The van der Waals surface area contributed by atoms with Crippen LogP contribution in [0, 0.1) is 5.92 Å². The van der Waals surface area contributed by atoms with Gasteiger partial charge in [0.15, 0.2) is 0 Å². The molecule has 1 N–H and O–H groups in total. The zero-order chi connectivity index (χ0) is 11.2. The third-order valence-corrected chi connectivity index (χ3v) is 3.24. The summed E-state index contributed by atoms with van der Waals surface area (Å²) in [4.78, 5) is 0. The predicted molar refractivity (Wildman–Crippen MR) is 63.3 cm³/mol. The van der Waals surface area contributed by atoms with E-state index in [0.717, 1.165) is 31.3 Å². The van der Waals surface area contributed by atoms with Gasteiger partial charge in [-0.05, 0) is 57.3 Å². The second kappa shape index (κ2) is 6.06. The van der Waals surface area contributed by atoms with E-state index in [1.807, 2.05) is 19.1 Å². The summed E-state index contributed by atoms with van der Waals surface area (Å²) in [7, 11) is 0. The molecule has 3 heteroatoms. The summed E-state index contributed by atoms with van der Waals surface area (Å²) in [6, 6.07) is 3.87. The predicted octanol–water partition coefficient (Wildman–Crippen LogP) is 2.75. The molecule has 90 valence electrons. The SMILES string of the molecule is C[C@H](OCC[C@@H]1CCCNC1)c1ccco1. The maximum atomic E-state index is 5.77. The van der Waals surface area contributed by atoms with Crippen molar-refractivity contribution in [2.75, 3.05) is 19.7 Å². The number of ether oxygens (including phenoxy) is 1. The van der Waals surface area contributed by atoms with Crippen LogP contribution in [0.4, 0.5) is 0 Å². The van der Waals surface area contributed by atoms with Crippen molar-refractivity contribution in [2.24, 2.45) is 5.92 Å². The summed E-state index contributed by atoms with van der Waals surface area (Å²) in [6.07, 6.45) is 5.56. The number of hydrogen-bond acceptors (Lipinski definition) is 3. The highest BCUT2D eigenvalue weighted by atomic mass is 16.5. The average molecular weight is 223 g/mol. The van der Waals surface area contributed by atoms with Crippen LogP contribution in [-0.2, 0) is 4.74 Å². The number of nitrogens with one attached hydrogen (secondary N) is 1. The van der Waals surface area contributed by atoms with Crippen molar-refractivity contribution in [1.29, 1.82) is 0 Å². The first-order valence-corrected chi connectivity index (χ1v) is 6.22. The van der Waals surface area contributed by atoms with E-state index in [0.29, 0.717) is 0 Å². The first kappa shape index (κ1) is 11.7. The highest BCUT2D eigenvalue weighted by Crippen LogP contribution is 2.19. The minimum atomic E-state index is 0.0755. The maximum absolute atomic E-state index is 5.77. The zero-order valence-corrected chi connectivity index (χ0v) is 9.95. The molecule has 1 aromatic heterocycles. The second-order valence-electron chi connectivity index (χ2n) is 4.53. The third-order valence-electron chi connectivity index (χ3n) is 3.24. The van der Waals surface area contributed by atoms with Crippen LogP contribution in [0.15, 0.2) is 22.8 Å². The lowest BCUT2D eigenvalue weighted by Crippen LogP contribution is -2.30. The van der Waals surface area contributed by atoms with Crippen LogP contribution in [0.25, 0.3) is 0 Å². The van der Waals surface area contributed by atoms with E-state index in [1.165, 1.54) is 19.4 Å². The zero-order valence-electron chi connectivity index (χ0n) is 9.95. The van der Waals surface area contributed by atoms with Gasteiger partial charge in [-0.1, -0.05) is 0 Å². The summed E-state index contributed by atoms with van der Waals surface area (Å²) in [5, 5.41) is 3.43. The molecule has 0 amide bonds. The molecule has 1 aliphatic heterocycles. The van der Waals surface area contributed by atoms with Crippen LogP contribution in [0.5, 0.6) is 0 Å². The van der Waals surface area contributed by atoms with Crippen LogP contribution in [0.2, 0.25) is 0 Å². The molecule has 2 atom stereocenters. The molecule has 1 aromatic rings. The summed E-state index contributed by atoms with van der Waals surface area (Å²) in [6.45, 7) is 5.20. The average Bonchev–Trinajstić information content (AvgIpc) is 2.84. The van der Waals surface area contributed by atoms with Gasteiger partial charge in [0.25, 0.3) is 0 Å². The second-order valence-corrected chi connectivity index (χ2v) is 4.53. The smallest absolute Gasteiger partial charge is 0.132 e. The minimum absolute atomic E-state index is 0.0755. The number of rotatable bonds is 5. The summed E-state index contributed by atoms with van der Waals surface area (Å²) < 4.78 is 11.1. The molecule has 0 bridgehead atoms. The van der Waals surface area contributed by atoms with Crippen molar-refractivity contribution in [1.82, 2.24) is 5.32 Å². The van der Waals surface area contributed by atoms with Gasteiger partial charge in [0, 0.05) is 6.61 Å². The van der Waals surface area contributed by atoms with Crippen molar-refractivity contribution in [3.63, 3.8) is 0 Å². The molecule has 1 fully saturated rings. The van der Waals surface area contributed by atoms with Gasteiger partial charge in [0.05, 0.1) is 6.26 Å². The number of furan rings is 1. The van der Waals surface area contributed by atoms with Gasteiger partial charge in [-0.25, -0.2) is 0 Å². The Balaban J connectivity index is 1.63. The van der Waals surface area contributed by atoms with Gasteiger partial charge < -0.3 is 14.5 Å². The molecule has 1 aliphatic rings. The molecule has 0 aromatic carbocycles. The van der Waals surface area contributed by atoms with Crippen molar-refractivity contribution < 1.29 is 9.15 Å². The van der Waals surface area contributed by atoms with Crippen LogP contribution in [0.1, 0.15) is 38.1 Å². The Bertz CT molecular complexity index is 278. The largest absolute Gasteiger partial charge is 0.467 e. The van der Waals surface area contributed by atoms with Crippen LogP contribution >= 0.6 is 0 Å². The first-order valence-electron chi connectivity index (χ1n) is 6.22. The van der Waals surface area contributed by atoms with Gasteiger partial charge in [-0.15, -0.1) is 0 Å². The van der Waals surface area contributed by atoms with E-state index >= 15 is 0 Å². The summed E-state index contributed by atoms with van der Waals surface area (Å²) in [5.41, 5.74) is 0. The van der Waals surface area contributed by atoms with Crippen molar-refractivity contribution >= 4 is 0 Å². The van der Waals surface area contributed by atoms with Crippen molar-refractivity contribution in [3.05, 3.63) is 24.2 Å². The van der Waals surface area contributed by atoms with E-state index in [1.54, 1.807) is 6.26 Å². The molecule has 1 saturated heterocycles. The maximum Gasteiger partial charge on any atom is 0.132 e. The number of hydrogen-bond donors (Lipinski definition) is 1. The Labute approximate surface area is 97.2 Å². The minimum Gasteiger partial charge on any atom is -0.467 e. The summed E-state index contributed by atoms with van der Waals surface area (Å²) in [5.74, 6) is 1.71. The molecule has 0 aliphatic carbocycles. The third kappa shape index (κ3) is 3.35.